The van der Waals surface area contributed by atoms with Gasteiger partial charge in [0.1, 0.15) is 5.75 Å². The number of carbonyl (C=O) groups excluding carboxylic acids is 2. The Morgan fingerprint density at radius 2 is 1.62 bits per heavy atom. The molecule has 172 valence electrons. The van der Waals surface area contributed by atoms with Crippen molar-refractivity contribution in [2.75, 3.05) is 6.61 Å². The minimum absolute atomic E-state index is 0.000430. The molecule has 4 aromatic rings. The Hall–Kier alpha value is -4.17. The molecule has 1 aromatic heterocycles. The topological polar surface area (TPSA) is 95.3 Å². The second-order valence-corrected chi connectivity index (χ2v) is 8.01. The first-order valence-electron chi connectivity index (χ1n) is 10.8. The number of aromatic amines is 1. The van der Waals surface area contributed by atoms with Crippen LogP contribution in [-0.4, -0.2) is 28.5 Å². The number of thiocarbonyl (C=S) groups is 1. The number of carbonyl (C=O) groups is 2. The molecule has 0 fully saturated rings. The Balaban J connectivity index is 1.20. The summed E-state index contributed by atoms with van der Waals surface area (Å²) in [6, 6.07) is 24.6. The number of rotatable bonds is 7. The predicted molar refractivity (Wildman–Crippen MR) is 135 cm³/mol. The molecule has 0 bridgehead atoms. The van der Waals surface area contributed by atoms with Gasteiger partial charge in [0.25, 0.3) is 5.91 Å². The van der Waals surface area contributed by atoms with Gasteiger partial charge in [0, 0.05) is 29.1 Å². The summed E-state index contributed by atoms with van der Waals surface area (Å²) >= 11 is 5.11. The number of nitrogens with one attached hydrogen (secondary N) is 4. The normalized spacial score (nSPS) is 10.5. The lowest BCUT2D eigenvalue weighted by atomic mass is 10.1. The molecule has 1 heterocycles. The summed E-state index contributed by atoms with van der Waals surface area (Å²) in [5.41, 5.74) is 8.53. The van der Waals surface area contributed by atoms with E-state index in [1.807, 2.05) is 42.5 Å². The lowest BCUT2D eigenvalue weighted by molar-refractivity contribution is -0.121. The number of hydrogen-bond acceptors (Lipinski definition) is 4. The molecule has 0 aliphatic carbocycles. The van der Waals surface area contributed by atoms with Gasteiger partial charge in [0.2, 0.25) is 5.91 Å². The second-order valence-electron chi connectivity index (χ2n) is 7.60. The highest BCUT2D eigenvalue weighted by Gasteiger charge is 2.11. The van der Waals surface area contributed by atoms with Gasteiger partial charge in [0.05, 0.1) is 13.0 Å². The average molecular weight is 473 g/mol. The van der Waals surface area contributed by atoms with Gasteiger partial charge in [-0.05, 0) is 53.7 Å². The molecular formula is C26H24N4O3S. The van der Waals surface area contributed by atoms with E-state index in [1.54, 1.807) is 30.5 Å². The van der Waals surface area contributed by atoms with Gasteiger partial charge in [-0.15, -0.1) is 0 Å². The molecule has 0 saturated heterocycles. The zero-order chi connectivity index (χ0) is 23.8. The van der Waals surface area contributed by atoms with Crippen molar-refractivity contribution in [1.29, 1.82) is 0 Å². The summed E-state index contributed by atoms with van der Waals surface area (Å²) in [7, 11) is 0. The van der Waals surface area contributed by atoms with Crippen LogP contribution < -0.4 is 20.9 Å². The molecule has 34 heavy (non-hydrogen) atoms. The van der Waals surface area contributed by atoms with Crippen molar-refractivity contribution < 1.29 is 14.3 Å². The van der Waals surface area contributed by atoms with Crippen LogP contribution in [0.4, 0.5) is 0 Å². The first-order valence-corrected chi connectivity index (χ1v) is 11.2. The SMILES string of the molecule is O=C(Cc1c[nH]c2ccccc12)NNC(=S)NC(=O)c1ccc(OCCc2ccccc2)cc1. The summed E-state index contributed by atoms with van der Waals surface area (Å²) in [5.74, 6) is 0.00953. The molecule has 0 saturated carbocycles. The number of para-hydroxylation sites is 1. The fourth-order valence-corrected chi connectivity index (χ4v) is 3.61. The highest BCUT2D eigenvalue weighted by atomic mass is 32.1. The zero-order valence-electron chi connectivity index (χ0n) is 18.3. The monoisotopic (exact) mass is 472 g/mol. The van der Waals surface area contributed by atoms with Crippen molar-refractivity contribution in [1.82, 2.24) is 21.2 Å². The van der Waals surface area contributed by atoms with Crippen molar-refractivity contribution in [3.63, 3.8) is 0 Å². The smallest absolute Gasteiger partial charge is 0.257 e. The number of hydrazine groups is 1. The van der Waals surface area contributed by atoms with E-state index in [1.165, 1.54) is 5.56 Å². The number of amides is 2. The third-order valence-electron chi connectivity index (χ3n) is 5.19. The molecular weight excluding hydrogens is 448 g/mol. The van der Waals surface area contributed by atoms with Crippen molar-refractivity contribution in [3.05, 3.63) is 102 Å². The van der Waals surface area contributed by atoms with Crippen LogP contribution in [0.15, 0.2) is 85.1 Å². The number of H-pyrrole nitrogens is 1. The molecule has 4 N–H and O–H groups in total. The van der Waals surface area contributed by atoms with Gasteiger partial charge in [-0.1, -0.05) is 48.5 Å². The summed E-state index contributed by atoms with van der Waals surface area (Å²) in [4.78, 5) is 27.8. The van der Waals surface area contributed by atoms with E-state index in [2.05, 4.69) is 33.3 Å². The van der Waals surface area contributed by atoms with E-state index in [-0.39, 0.29) is 23.3 Å². The molecule has 2 amide bonds. The quantitative estimate of drug-likeness (QED) is 0.243. The minimum Gasteiger partial charge on any atom is -0.493 e. The molecule has 0 aliphatic heterocycles. The van der Waals surface area contributed by atoms with Gasteiger partial charge < -0.3 is 9.72 Å². The standard InChI is InChI=1S/C26H24N4O3S/c31-24(16-20-17-27-23-9-5-4-8-22(20)23)29-30-26(34)28-25(32)19-10-12-21(13-11-19)33-15-14-18-6-2-1-3-7-18/h1-13,17,27H,14-16H2,(H,29,31)(H2,28,30,32,34). The number of fused-ring (bicyclic) bond motifs is 1. The van der Waals surface area contributed by atoms with Gasteiger partial charge in [-0.25, -0.2) is 0 Å². The van der Waals surface area contributed by atoms with Crippen LogP contribution in [0.1, 0.15) is 21.5 Å². The van der Waals surface area contributed by atoms with E-state index in [0.29, 0.717) is 17.9 Å². The maximum Gasteiger partial charge on any atom is 0.257 e. The van der Waals surface area contributed by atoms with Crippen LogP contribution in [0.5, 0.6) is 5.75 Å². The molecule has 0 radical (unpaired) electrons. The summed E-state index contributed by atoms with van der Waals surface area (Å²) in [6.07, 6.45) is 2.77. The number of aromatic nitrogens is 1. The highest BCUT2D eigenvalue weighted by Crippen LogP contribution is 2.18. The van der Waals surface area contributed by atoms with Gasteiger partial charge in [0.15, 0.2) is 5.11 Å². The lowest BCUT2D eigenvalue weighted by Gasteiger charge is -2.11. The summed E-state index contributed by atoms with van der Waals surface area (Å²) in [6.45, 7) is 0.543. The molecule has 7 nitrogen and oxygen atoms in total. The van der Waals surface area contributed by atoms with E-state index in [0.717, 1.165) is 22.9 Å². The van der Waals surface area contributed by atoms with Crippen molar-refractivity contribution >= 4 is 40.0 Å². The van der Waals surface area contributed by atoms with E-state index in [4.69, 9.17) is 17.0 Å². The van der Waals surface area contributed by atoms with E-state index in [9.17, 15) is 9.59 Å². The maximum atomic E-state index is 12.4. The predicted octanol–water partition coefficient (Wildman–Crippen LogP) is 3.67. The largest absolute Gasteiger partial charge is 0.493 e. The molecule has 3 aromatic carbocycles. The number of ether oxygens (including phenoxy) is 1. The van der Waals surface area contributed by atoms with Gasteiger partial charge in [-0.3, -0.25) is 25.8 Å². The third kappa shape index (κ3) is 6.20. The Bertz CT molecular complexity index is 1290. The molecule has 8 heteroatoms. The Morgan fingerprint density at radius 1 is 0.882 bits per heavy atom. The third-order valence-corrected chi connectivity index (χ3v) is 5.39. The fraction of sp³-hybridized carbons (Fsp3) is 0.115. The molecule has 0 unspecified atom stereocenters. The number of benzene rings is 3. The average Bonchev–Trinajstić information content (AvgIpc) is 3.26. The van der Waals surface area contributed by atoms with Crippen LogP contribution in [0.3, 0.4) is 0 Å². The van der Waals surface area contributed by atoms with E-state index < -0.39 is 0 Å². The van der Waals surface area contributed by atoms with Crippen molar-refractivity contribution in [3.8, 4) is 5.75 Å². The first kappa shape index (κ1) is 23.0. The maximum absolute atomic E-state index is 12.4. The van der Waals surface area contributed by atoms with Gasteiger partial charge >= 0.3 is 0 Å². The molecule has 4 rings (SSSR count). The Kier molecular flexibility index (Phi) is 7.52. The molecule has 0 atom stereocenters. The van der Waals surface area contributed by atoms with Crippen molar-refractivity contribution in [2.45, 2.75) is 12.8 Å². The lowest BCUT2D eigenvalue weighted by Crippen LogP contribution is -2.48. The van der Waals surface area contributed by atoms with Crippen LogP contribution in [0, 0.1) is 0 Å². The number of hydrogen-bond donors (Lipinski definition) is 4. The second kappa shape index (κ2) is 11.1. The molecule has 0 aliphatic rings. The first-order chi connectivity index (χ1) is 16.6. The van der Waals surface area contributed by atoms with Gasteiger partial charge in [-0.2, -0.15) is 0 Å². The van der Waals surface area contributed by atoms with Crippen LogP contribution in [-0.2, 0) is 17.6 Å². The Morgan fingerprint density at radius 3 is 2.41 bits per heavy atom. The fourth-order valence-electron chi connectivity index (χ4n) is 3.46. The zero-order valence-corrected chi connectivity index (χ0v) is 19.2. The summed E-state index contributed by atoms with van der Waals surface area (Å²) in [5, 5.41) is 3.53. The van der Waals surface area contributed by atoms with Crippen LogP contribution >= 0.6 is 12.2 Å². The highest BCUT2D eigenvalue weighted by molar-refractivity contribution is 7.80. The van der Waals surface area contributed by atoms with E-state index >= 15 is 0 Å². The van der Waals surface area contributed by atoms with Crippen LogP contribution in [0.25, 0.3) is 10.9 Å². The minimum atomic E-state index is -0.390. The van der Waals surface area contributed by atoms with Crippen molar-refractivity contribution in [2.24, 2.45) is 0 Å². The molecule has 0 spiro atoms. The summed E-state index contributed by atoms with van der Waals surface area (Å²) < 4.78 is 5.74. The Labute approximate surface area is 202 Å². The van der Waals surface area contributed by atoms with Crippen LogP contribution in [0.2, 0.25) is 0 Å².